The lowest BCUT2D eigenvalue weighted by Gasteiger charge is -2.24. The van der Waals surface area contributed by atoms with Gasteiger partial charge in [-0.3, -0.25) is 0 Å². The van der Waals surface area contributed by atoms with Crippen molar-refractivity contribution in [1.29, 1.82) is 0 Å². The summed E-state index contributed by atoms with van der Waals surface area (Å²) >= 11 is 0. The van der Waals surface area contributed by atoms with Crippen LogP contribution in [0.5, 0.6) is 0 Å². The third kappa shape index (κ3) is 3.08. The monoisotopic (exact) mass is 308 g/mol. The predicted octanol–water partition coefficient (Wildman–Crippen LogP) is 4.96. The molecule has 1 aliphatic rings. The van der Waals surface area contributed by atoms with Crippen LogP contribution in [0.1, 0.15) is 40.2 Å². The van der Waals surface area contributed by atoms with Crippen LogP contribution in [0.3, 0.4) is 0 Å². The largest absolute Gasteiger partial charge is 0.384 e. The van der Waals surface area contributed by atoms with E-state index < -0.39 is 0 Å². The number of benzene rings is 2. The summed E-state index contributed by atoms with van der Waals surface area (Å²) < 4.78 is 0. The van der Waals surface area contributed by atoms with E-state index in [-0.39, 0.29) is 0 Å². The van der Waals surface area contributed by atoms with Crippen LogP contribution in [0.2, 0.25) is 0 Å². The minimum atomic E-state index is 0.624. The molecule has 0 saturated heterocycles. The minimum absolute atomic E-state index is 0.624. The van der Waals surface area contributed by atoms with Crippen molar-refractivity contribution in [3.8, 4) is 0 Å². The zero-order chi connectivity index (χ0) is 16.6. The highest BCUT2D eigenvalue weighted by atomic mass is 15.1. The van der Waals surface area contributed by atoms with Gasteiger partial charge >= 0.3 is 0 Å². The van der Waals surface area contributed by atoms with E-state index in [9.17, 15) is 0 Å². The normalized spacial score (nSPS) is 16.1. The number of hydrogen-bond acceptors (Lipinski definition) is 2. The van der Waals surface area contributed by atoms with Gasteiger partial charge < -0.3 is 10.2 Å². The molecule has 2 nitrogen and oxygen atoms in total. The van der Waals surface area contributed by atoms with Crippen molar-refractivity contribution in [3.63, 3.8) is 0 Å². The van der Waals surface area contributed by atoms with Crippen molar-refractivity contribution in [1.82, 2.24) is 0 Å². The van der Waals surface area contributed by atoms with Crippen molar-refractivity contribution in [2.45, 2.75) is 40.0 Å². The molecule has 0 aromatic heterocycles. The van der Waals surface area contributed by atoms with E-state index in [1.54, 1.807) is 0 Å². The minimum Gasteiger partial charge on any atom is -0.384 e. The first-order valence-electron chi connectivity index (χ1n) is 8.59. The van der Waals surface area contributed by atoms with E-state index in [1.807, 2.05) is 0 Å². The quantitative estimate of drug-likeness (QED) is 0.859. The average Bonchev–Trinajstić information content (AvgIpc) is 2.93. The van der Waals surface area contributed by atoms with Crippen LogP contribution in [-0.4, -0.2) is 20.1 Å². The molecule has 1 heterocycles. The highest BCUT2D eigenvalue weighted by molar-refractivity contribution is 5.63. The Morgan fingerprint density at radius 1 is 1.00 bits per heavy atom. The first-order valence-corrected chi connectivity index (χ1v) is 8.59. The molecule has 1 unspecified atom stereocenters. The van der Waals surface area contributed by atoms with Crippen molar-refractivity contribution < 1.29 is 0 Å². The van der Waals surface area contributed by atoms with E-state index >= 15 is 0 Å². The predicted molar refractivity (Wildman–Crippen MR) is 101 cm³/mol. The fourth-order valence-corrected chi connectivity index (χ4v) is 3.69. The van der Waals surface area contributed by atoms with Gasteiger partial charge in [0, 0.05) is 37.4 Å². The van der Waals surface area contributed by atoms with E-state index in [2.05, 4.69) is 75.3 Å². The van der Waals surface area contributed by atoms with Crippen molar-refractivity contribution in [2.75, 3.05) is 30.4 Å². The Hall–Kier alpha value is -1.96. The van der Waals surface area contributed by atoms with Crippen LogP contribution in [0.25, 0.3) is 0 Å². The summed E-state index contributed by atoms with van der Waals surface area (Å²) in [4.78, 5) is 2.41. The zero-order valence-electron chi connectivity index (χ0n) is 15.0. The van der Waals surface area contributed by atoms with Gasteiger partial charge in [0.2, 0.25) is 0 Å². The Labute approximate surface area is 140 Å². The fraction of sp³-hybridized carbons (Fsp3) is 0.429. The Morgan fingerprint density at radius 2 is 1.74 bits per heavy atom. The van der Waals surface area contributed by atoms with Gasteiger partial charge in [0.05, 0.1) is 0 Å². The van der Waals surface area contributed by atoms with Gasteiger partial charge in [-0.1, -0.05) is 24.3 Å². The summed E-state index contributed by atoms with van der Waals surface area (Å²) in [7, 11) is 2.22. The van der Waals surface area contributed by atoms with E-state index in [4.69, 9.17) is 0 Å². The van der Waals surface area contributed by atoms with Crippen molar-refractivity contribution >= 4 is 11.4 Å². The highest BCUT2D eigenvalue weighted by Gasteiger charge is 2.23. The Morgan fingerprint density at radius 3 is 2.52 bits per heavy atom. The van der Waals surface area contributed by atoms with Crippen molar-refractivity contribution in [3.05, 3.63) is 58.1 Å². The van der Waals surface area contributed by atoms with E-state index in [1.165, 1.54) is 45.6 Å². The molecular formula is C21H28N2. The van der Waals surface area contributed by atoms with Gasteiger partial charge in [-0.05, 0) is 68.0 Å². The molecule has 0 radical (unpaired) electrons. The molecule has 0 fully saturated rings. The summed E-state index contributed by atoms with van der Waals surface area (Å²) in [5.74, 6) is 0.624. The number of fused-ring (bicyclic) bond motifs is 1. The maximum Gasteiger partial charge on any atom is 0.0406 e. The van der Waals surface area contributed by atoms with Gasteiger partial charge in [0.15, 0.2) is 0 Å². The van der Waals surface area contributed by atoms with E-state index in [0.717, 1.165) is 13.1 Å². The van der Waals surface area contributed by atoms with E-state index in [0.29, 0.717) is 5.92 Å². The number of rotatable bonds is 4. The molecule has 0 saturated carbocycles. The lowest BCUT2D eigenvalue weighted by molar-refractivity contribution is 0.666. The zero-order valence-corrected chi connectivity index (χ0v) is 15.0. The van der Waals surface area contributed by atoms with Crippen molar-refractivity contribution in [2.24, 2.45) is 0 Å². The molecule has 1 N–H and O–H groups in total. The molecule has 1 aliphatic heterocycles. The van der Waals surface area contributed by atoms with Gasteiger partial charge in [0.25, 0.3) is 0 Å². The molecule has 2 heteroatoms. The second-order valence-electron chi connectivity index (χ2n) is 7.05. The number of anilines is 2. The fourth-order valence-electron chi connectivity index (χ4n) is 3.69. The standard InChI is InChI=1S/C21H28N2/c1-14-7-6-8-19-18(13-22-21(14)19)9-10-23(5)20-12-16(3)15(2)11-17(20)4/h6-8,11-12,18,22H,9-10,13H2,1-5H3. The van der Waals surface area contributed by atoms with Gasteiger partial charge in [-0.2, -0.15) is 0 Å². The molecule has 1 atom stereocenters. The smallest absolute Gasteiger partial charge is 0.0406 e. The molecular weight excluding hydrogens is 280 g/mol. The molecule has 2 aromatic carbocycles. The first-order chi connectivity index (χ1) is 11.0. The Bertz CT molecular complexity index is 718. The molecule has 0 spiro atoms. The average molecular weight is 308 g/mol. The molecule has 0 bridgehead atoms. The third-order valence-electron chi connectivity index (χ3n) is 5.31. The summed E-state index contributed by atoms with van der Waals surface area (Å²) in [5.41, 5.74) is 9.71. The van der Waals surface area contributed by atoms with Gasteiger partial charge in [0.1, 0.15) is 0 Å². The molecule has 122 valence electrons. The highest BCUT2D eigenvalue weighted by Crippen LogP contribution is 2.36. The van der Waals surface area contributed by atoms with Crippen LogP contribution in [0.15, 0.2) is 30.3 Å². The van der Waals surface area contributed by atoms with Crippen LogP contribution in [0.4, 0.5) is 11.4 Å². The summed E-state index contributed by atoms with van der Waals surface area (Å²) in [5, 5.41) is 3.59. The maximum atomic E-state index is 3.59. The molecule has 0 amide bonds. The number of nitrogens with one attached hydrogen (secondary N) is 1. The lowest BCUT2D eigenvalue weighted by atomic mass is 9.96. The number of nitrogens with zero attached hydrogens (tertiary/aromatic N) is 1. The topological polar surface area (TPSA) is 15.3 Å². The SMILES string of the molecule is Cc1cc(C)c(N(C)CCC2CNc3c(C)cccc32)cc1C. The van der Waals surface area contributed by atoms with Crippen LogP contribution in [-0.2, 0) is 0 Å². The first kappa shape index (κ1) is 15.9. The maximum absolute atomic E-state index is 3.59. The molecule has 2 aromatic rings. The van der Waals surface area contributed by atoms with Crippen LogP contribution >= 0.6 is 0 Å². The molecule has 23 heavy (non-hydrogen) atoms. The molecule has 0 aliphatic carbocycles. The molecule has 3 rings (SSSR count). The van der Waals surface area contributed by atoms with Crippen LogP contribution < -0.4 is 10.2 Å². The second-order valence-corrected chi connectivity index (χ2v) is 7.05. The van der Waals surface area contributed by atoms with Gasteiger partial charge in [-0.25, -0.2) is 0 Å². The second kappa shape index (κ2) is 6.27. The number of para-hydroxylation sites is 1. The lowest BCUT2D eigenvalue weighted by Crippen LogP contribution is -2.22. The third-order valence-corrected chi connectivity index (χ3v) is 5.31. The Balaban J connectivity index is 1.71. The van der Waals surface area contributed by atoms with Gasteiger partial charge in [-0.15, -0.1) is 0 Å². The Kier molecular flexibility index (Phi) is 4.34. The summed E-state index contributed by atoms with van der Waals surface area (Å²) in [6.07, 6.45) is 1.19. The van der Waals surface area contributed by atoms with Crippen LogP contribution in [0, 0.1) is 27.7 Å². The number of aryl methyl sites for hydroxylation is 4. The summed E-state index contributed by atoms with van der Waals surface area (Å²) in [6.45, 7) is 11.0. The number of hydrogen-bond donors (Lipinski definition) is 1. The summed E-state index contributed by atoms with van der Waals surface area (Å²) in [6, 6.07) is 11.3.